The van der Waals surface area contributed by atoms with Crippen LogP contribution in [-0.2, 0) is 5.41 Å². The first kappa shape index (κ1) is 34.6. The van der Waals surface area contributed by atoms with Crippen LogP contribution in [0, 0.1) is 0 Å². The quantitative estimate of drug-likeness (QED) is 0.175. The molecule has 1 atom stereocenters. The van der Waals surface area contributed by atoms with Gasteiger partial charge in [-0.05, 0) is 80.9 Å². The molecule has 0 radical (unpaired) electrons. The van der Waals surface area contributed by atoms with Crippen LogP contribution in [0.15, 0.2) is 197 Å². The third kappa shape index (κ3) is 5.07. The number of aliphatic imine (C=N–C) groups is 1. The van der Waals surface area contributed by atoms with Crippen LogP contribution < -0.4 is 0 Å². The van der Waals surface area contributed by atoms with Gasteiger partial charge >= 0.3 is 0 Å². The van der Waals surface area contributed by atoms with Crippen LogP contribution in [0.5, 0.6) is 0 Å². The van der Waals surface area contributed by atoms with Crippen LogP contribution in [0.2, 0.25) is 0 Å². The number of likely N-dealkylation sites (N-methyl/N-ethyl adjacent to an activating group) is 1. The highest BCUT2D eigenvalue weighted by Crippen LogP contribution is 2.53. The Morgan fingerprint density at radius 3 is 2.10 bits per heavy atom. The summed E-state index contributed by atoms with van der Waals surface area (Å²) in [4.78, 5) is 7.54. The minimum atomic E-state index is -0.177. The molecule has 0 amide bonds. The number of amidine groups is 1. The van der Waals surface area contributed by atoms with Crippen molar-refractivity contribution in [2.24, 2.45) is 4.99 Å². The standard InChI is InChI=1S/C56H41N3O/c1-56(2)45-21-12-10-19-40(45)42-30-31-43-41-20-11-13-22-47(41)59(54(43)53(42)56)48-23-14-24-51-52(48)44-33-39(29-32-50(44)60-51)35-25-27-38(28-26-35)55-57-46(36-15-6-4-7-16-36)34-49(58(55)3)37-17-8-5-9-18-37/h4-34,49H,1-3H3. The molecule has 286 valence electrons. The number of hydrogen-bond acceptors (Lipinski definition) is 3. The second-order valence-electron chi connectivity index (χ2n) is 16.8. The Balaban J connectivity index is 0.997. The van der Waals surface area contributed by atoms with E-state index in [1.165, 1.54) is 49.6 Å². The molecule has 0 fully saturated rings. The van der Waals surface area contributed by atoms with Crippen LogP contribution in [0.25, 0.3) is 77.4 Å². The Morgan fingerprint density at radius 1 is 0.550 bits per heavy atom. The maximum absolute atomic E-state index is 6.65. The lowest BCUT2D eigenvalue weighted by Gasteiger charge is -2.33. The van der Waals surface area contributed by atoms with Gasteiger partial charge in [0.15, 0.2) is 0 Å². The van der Waals surface area contributed by atoms with E-state index >= 15 is 0 Å². The second-order valence-corrected chi connectivity index (χ2v) is 16.8. The smallest absolute Gasteiger partial charge is 0.137 e. The van der Waals surface area contributed by atoms with Crippen molar-refractivity contribution in [2.75, 3.05) is 7.05 Å². The largest absolute Gasteiger partial charge is 0.456 e. The normalized spacial score (nSPS) is 15.7. The Kier molecular flexibility index (Phi) is 7.52. The molecule has 8 aromatic carbocycles. The summed E-state index contributed by atoms with van der Waals surface area (Å²) < 4.78 is 9.17. The zero-order valence-corrected chi connectivity index (χ0v) is 33.7. The molecule has 0 spiro atoms. The van der Waals surface area contributed by atoms with Gasteiger partial charge in [-0.2, -0.15) is 0 Å². The summed E-state index contributed by atoms with van der Waals surface area (Å²) in [6.45, 7) is 4.76. The molecule has 10 aromatic rings. The highest BCUT2D eigenvalue weighted by atomic mass is 16.3. The van der Waals surface area contributed by atoms with Crippen molar-refractivity contribution in [2.45, 2.75) is 25.3 Å². The highest BCUT2D eigenvalue weighted by molar-refractivity contribution is 6.17. The van der Waals surface area contributed by atoms with E-state index in [1.54, 1.807) is 0 Å². The number of fused-ring (bicyclic) bond motifs is 10. The number of nitrogens with zero attached hydrogens (tertiary/aromatic N) is 3. The maximum atomic E-state index is 6.65. The molecule has 0 N–H and O–H groups in total. The molecule has 1 unspecified atom stereocenters. The van der Waals surface area contributed by atoms with Crippen molar-refractivity contribution in [3.63, 3.8) is 0 Å². The van der Waals surface area contributed by atoms with Crippen molar-refractivity contribution < 1.29 is 4.42 Å². The number of aromatic nitrogens is 1. The minimum absolute atomic E-state index is 0.0524. The van der Waals surface area contributed by atoms with Gasteiger partial charge in [0, 0.05) is 34.2 Å². The van der Waals surface area contributed by atoms with Crippen LogP contribution in [-0.4, -0.2) is 22.4 Å². The van der Waals surface area contributed by atoms with E-state index in [1.807, 2.05) is 0 Å². The Labute approximate surface area is 349 Å². The van der Waals surface area contributed by atoms with Crippen molar-refractivity contribution in [3.05, 3.63) is 216 Å². The summed E-state index contributed by atoms with van der Waals surface area (Å²) in [6, 6.07) is 65.6. The van der Waals surface area contributed by atoms with Crippen molar-refractivity contribution >= 4 is 55.3 Å². The molecule has 0 saturated carbocycles. The van der Waals surface area contributed by atoms with Crippen LogP contribution in [0.3, 0.4) is 0 Å². The lowest BCUT2D eigenvalue weighted by Crippen LogP contribution is -2.33. The number of para-hydroxylation sites is 1. The first-order valence-corrected chi connectivity index (χ1v) is 20.8. The number of rotatable bonds is 5. The van der Waals surface area contributed by atoms with E-state index in [-0.39, 0.29) is 11.5 Å². The molecule has 0 bridgehead atoms. The molecular formula is C56H41N3O. The summed E-state index contributed by atoms with van der Waals surface area (Å²) >= 11 is 0. The summed E-state index contributed by atoms with van der Waals surface area (Å²) in [5.41, 5.74) is 17.2. The van der Waals surface area contributed by atoms with Gasteiger partial charge in [0.2, 0.25) is 0 Å². The lowest BCUT2D eigenvalue weighted by atomic mass is 9.81. The topological polar surface area (TPSA) is 33.7 Å². The predicted molar refractivity (Wildman–Crippen MR) is 249 cm³/mol. The zero-order chi connectivity index (χ0) is 40.1. The second kappa shape index (κ2) is 13.0. The van der Waals surface area contributed by atoms with Crippen LogP contribution >= 0.6 is 0 Å². The number of benzene rings is 8. The lowest BCUT2D eigenvalue weighted by molar-refractivity contribution is 0.435. The molecule has 4 nitrogen and oxygen atoms in total. The summed E-state index contributed by atoms with van der Waals surface area (Å²) in [6.07, 6.45) is 2.27. The Hall–Kier alpha value is -7.43. The van der Waals surface area contributed by atoms with Gasteiger partial charge in [-0.3, -0.25) is 0 Å². The molecule has 3 heterocycles. The van der Waals surface area contributed by atoms with Gasteiger partial charge in [0.1, 0.15) is 17.0 Å². The number of furan rings is 1. The Bertz CT molecular complexity index is 3400. The van der Waals surface area contributed by atoms with Crippen LogP contribution in [0.1, 0.15) is 47.7 Å². The first-order chi connectivity index (χ1) is 29.4. The third-order valence-corrected chi connectivity index (χ3v) is 13.0. The Morgan fingerprint density at radius 2 is 1.27 bits per heavy atom. The fourth-order valence-electron chi connectivity index (χ4n) is 10.2. The van der Waals surface area contributed by atoms with Crippen LogP contribution in [0.4, 0.5) is 0 Å². The van der Waals surface area contributed by atoms with Crippen molar-refractivity contribution in [3.8, 4) is 27.9 Å². The van der Waals surface area contributed by atoms with Gasteiger partial charge in [-0.1, -0.05) is 166 Å². The molecule has 60 heavy (non-hydrogen) atoms. The molecule has 2 aromatic heterocycles. The van der Waals surface area contributed by atoms with E-state index in [0.717, 1.165) is 61.4 Å². The average Bonchev–Trinajstić information content (AvgIpc) is 3.92. The highest BCUT2D eigenvalue weighted by Gasteiger charge is 2.38. The molecule has 2 aliphatic rings. The summed E-state index contributed by atoms with van der Waals surface area (Å²) in [7, 11) is 2.14. The minimum Gasteiger partial charge on any atom is -0.456 e. The van der Waals surface area contributed by atoms with Gasteiger partial charge < -0.3 is 13.9 Å². The molecule has 0 saturated heterocycles. The van der Waals surface area contributed by atoms with E-state index in [4.69, 9.17) is 9.41 Å². The van der Waals surface area contributed by atoms with Gasteiger partial charge in [-0.25, -0.2) is 4.99 Å². The molecule has 1 aliphatic carbocycles. The van der Waals surface area contributed by atoms with Gasteiger partial charge in [-0.15, -0.1) is 0 Å². The van der Waals surface area contributed by atoms with Crippen molar-refractivity contribution in [1.82, 2.24) is 9.47 Å². The predicted octanol–water partition coefficient (Wildman–Crippen LogP) is 14.1. The fraction of sp³-hybridized carbons (Fsp3) is 0.0893. The fourth-order valence-corrected chi connectivity index (χ4v) is 10.2. The third-order valence-electron chi connectivity index (χ3n) is 13.0. The molecule has 12 rings (SSSR count). The van der Waals surface area contributed by atoms with E-state index < -0.39 is 0 Å². The van der Waals surface area contributed by atoms with E-state index in [2.05, 4.69) is 218 Å². The average molecular weight is 772 g/mol. The summed E-state index contributed by atoms with van der Waals surface area (Å²) in [5.74, 6) is 0.946. The molecular weight excluding hydrogens is 731 g/mol. The van der Waals surface area contributed by atoms with E-state index in [9.17, 15) is 0 Å². The number of hydrogen-bond donors (Lipinski definition) is 0. The van der Waals surface area contributed by atoms with Crippen molar-refractivity contribution in [1.29, 1.82) is 0 Å². The molecule has 1 aliphatic heterocycles. The monoisotopic (exact) mass is 771 g/mol. The maximum Gasteiger partial charge on any atom is 0.137 e. The van der Waals surface area contributed by atoms with Gasteiger partial charge in [0.05, 0.1) is 33.8 Å². The molecule has 4 heteroatoms. The van der Waals surface area contributed by atoms with E-state index in [0.29, 0.717) is 0 Å². The zero-order valence-electron chi connectivity index (χ0n) is 33.7. The van der Waals surface area contributed by atoms with Gasteiger partial charge in [0.25, 0.3) is 0 Å². The summed E-state index contributed by atoms with van der Waals surface area (Å²) in [5, 5.41) is 4.74. The SMILES string of the molecule is CN1C(c2ccc(-c3ccc4oc5cccc(-n6c7ccccc7c7ccc8c(c76)C(C)(C)c6ccccc6-8)c5c4c3)cc2)=NC(c2ccccc2)=CC1c1ccccc1. The first-order valence-electron chi connectivity index (χ1n) is 20.8.